The minimum atomic E-state index is -3.68. The normalized spacial score (nSPS) is 19.4. The number of sulfonamides is 2. The van der Waals surface area contributed by atoms with Crippen LogP contribution in [-0.2, 0) is 34.4 Å². The second-order valence-corrected chi connectivity index (χ2v) is 21.3. The molecule has 2 saturated heterocycles. The molecule has 0 unspecified atom stereocenters. The van der Waals surface area contributed by atoms with Crippen molar-refractivity contribution in [1.29, 1.82) is 0 Å². The predicted octanol–water partition coefficient (Wildman–Crippen LogP) is 5.63. The van der Waals surface area contributed by atoms with Crippen molar-refractivity contribution in [3.8, 4) is 22.3 Å². The number of anilines is 2. The molecule has 65 heavy (non-hydrogen) atoms. The molecule has 1 N–H and O–H groups in total. The average molecular weight is 939 g/mol. The maximum absolute atomic E-state index is 13.2. The van der Waals surface area contributed by atoms with Gasteiger partial charge in [0.25, 0.3) is 0 Å². The first-order valence-electron chi connectivity index (χ1n) is 22.1. The lowest BCUT2D eigenvalue weighted by atomic mass is 9.75. The van der Waals surface area contributed by atoms with Gasteiger partial charge in [-0.3, -0.25) is 9.59 Å². The van der Waals surface area contributed by atoms with Gasteiger partial charge >= 0.3 is 11.9 Å². The Labute approximate surface area is 379 Å². The molecule has 0 amide bonds. The number of rotatable bonds is 12. The standard InChI is InChI=1S/C23H29FN4O4S.C22H27FN4O4S/c1-32-21(29)23(9-3-2-4-10-23)17-33(30,31)28-13-11-27(12-14-28)22-25-15-19(16-26-22)18-5-7-20(24)8-6-18;23-19-6-4-17(5-7-19)18-14-24-21(25-15-18)26-10-12-27(13-11-26)32(30,31)16-22(20(28)29)8-2-1-3-9-22/h5-8,15-16H,2-4,9-14,17H2,1H3;4-7,14-15H,1-3,8-13,16H2,(H,28,29). The van der Waals surface area contributed by atoms with Crippen LogP contribution in [0.4, 0.5) is 20.7 Å². The van der Waals surface area contributed by atoms with Crippen molar-refractivity contribution in [2.75, 3.05) is 80.8 Å². The van der Waals surface area contributed by atoms with E-state index in [0.29, 0.717) is 76.8 Å². The number of piperazine rings is 2. The Morgan fingerprint density at radius 2 is 0.892 bits per heavy atom. The smallest absolute Gasteiger partial charge is 0.312 e. The molecule has 2 aromatic carbocycles. The third-order valence-electron chi connectivity index (χ3n) is 13.1. The molecule has 4 fully saturated rings. The number of aliphatic carboxylic acids is 1. The molecule has 2 aromatic heterocycles. The van der Waals surface area contributed by atoms with Crippen molar-refractivity contribution < 1.29 is 45.0 Å². The van der Waals surface area contributed by atoms with Gasteiger partial charge in [0.2, 0.25) is 31.9 Å². The Hall–Kier alpha value is -5.18. The number of nitrogens with zero attached hydrogens (tertiary/aromatic N) is 8. The van der Waals surface area contributed by atoms with Gasteiger partial charge in [0.15, 0.2) is 0 Å². The molecule has 8 rings (SSSR count). The van der Waals surface area contributed by atoms with Gasteiger partial charge in [0.05, 0.1) is 29.4 Å². The summed E-state index contributed by atoms with van der Waals surface area (Å²) in [7, 11) is -5.97. The molecule has 2 aliphatic carbocycles. The summed E-state index contributed by atoms with van der Waals surface area (Å²) < 4.78 is 86.5. The lowest BCUT2D eigenvalue weighted by Crippen LogP contribution is -2.52. The van der Waals surface area contributed by atoms with Crippen molar-refractivity contribution in [2.24, 2.45) is 10.8 Å². The topological polar surface area (TPSA) is 196 Å². The number of hydrogen-bond acceptors (Lipinski definition) is 13. The highest BCUT2D eigenvalue weighted by atomic mass is 32.2. The number of carboxylic acids is 1. The van der Waals surface area contributed by atoms with Crippen LogP contribution in [0.2, 0.25) is 0 Å². The molecule has 4 heterocycles. The maximum Gasteiger partial charge on any atom is 0.312 e. The number of methoxy groups -OCH3 is 1. The minimum absolute atomic E-state index is 0.199. The van der Waals surface area contributed by atoms with Gasteiger partial charge < -0.3 is 19.6 Å². The van der Waals surface area contributed by atoms with Gasteiger partial charge in [-0.05, 0) is 61.1 Å². The fourth-order valence-electron chi connectivity index (χ4n) is 9.27. The number of carbonyl (C=O) groups is 2. The van der Waals surface area contributed by atoms with Gasteiger partial charge in [0, 0.05) is 88.3 Å². The van der Waals surface area contributed by atoms with E-state index in [4.69, 9.17) is 4.74 Å². The first-order valence-corrected chi connectivity index (χ1v) is 25.3. The first-order chi connectivity index (χ1) is 31.1. The Balaban J connectivity index is 0.000000194. The summed E-state index contributed by atoms with van der Waals surface area (Å²) in [6.07, 6.45) is 13.8. The molecule has 350 valence electrons. The summed E-state index contributed by atoms with van der Waals surface area (Å²) in [6.45, 7) is 2.92. The van der Waals surface area contributed by atoms with Crippen LogP contribution in [0.25, 0.3) is 22.3 Å². The molecule has 16 nitrogen and oxygen atoms in total. The van der Waals surface area contributed by atoms with Gasteiger partial charge in [-0.1, -0.05) is 62.8 Å². The summed E-state index contributed by atoms with van der Waals surface area (Å²) in [5, 5.41) is 9.73. The van der Waals surface area contributed by atoms with Crippen LogP contribution < -0.4 is 9.80 Å². The van der Waals surface area contributed by atoms with Gasteiger partial charge in [-0.15, -0.1) is 0 Å². The molecule has 20 heteroatoms. The number of benzene rings is 2. The number of carboxylic acid groups (broad SMARTS) is 1. The number of ether oxygens (including phenoxy) is 1. The van der Waals surface area contributed by atoms with Crippen LogP contribution >= 0.6 is 0 Å². The predicted molar refractivity (Wildman–Crippen MR) is 241 cm³/mol. The van der Waals surface area contributed by atoms with E-state index in [1.807, 2.05) is 9.80 Å². The molecule has 0 radical (unpaired) electrons. The lowest BCUT2D eigenvalue weighted by Gasteiger charge is -2.38. The highest BCUT2D eigenvalue weighted by molar-refractivity contribution is 7.89. The lowest BCUT2D eigenvalue weighted by molar-refractivity contribution is -0.153. The van der Waals surface area contributed by atoms with E-state index < -0.39 is 42.8 Å². The van der Waals surface area contributed by atoms with Crippen LogP contribution in [-0.4, -0.2) is 133 Å². The highest BCUT2D eigenvalue weighted by Crippen LogP contribution is 2.40. The second kappa shape index (κ2) is 20.6. The van der Waals surface area contributed by atoms with E-state index in [1.165, 1.54) is 40.0 Å². The zero-order valence-electron chi connectivity index (χ0n) is 36.5. The average Bonchev–Trinajstić information content (AvgIpc) is 3.32. The number of esters is 1. The van der Waals surface area contributed by atoms with Crippen molar-refractivity contribution in [2.45, 2.75) is 64.2 Å². The zero-order valence-corrected chi connectivity index (χ0v) is 38.2. The number of hydrogen-bond donors (Lipinski definition) is 1. The van der Waals surface area contributed by atoms with Crippen LogP contribution in [0, 0.1) is 22.5 Å². The fraction of sp³-hybridized carbons (Fsp3) is 0.511. The summed E-state index contributed by atoms with van der Waals surface area (Å²) in [6, 6.07) is 12.2. The van der Waals surface area contributed by atoms with Crippen LogP contribution in [0.1, 0.15) is 64.2 Å². The van der Waals surface area contributed by atoms with Crippen molar-refractivity contribution in [3.05, 3.63) is 85.0 Å². The minimum Gasteiger partial charge on any atom is -0.481 e. The molecule has 0 spiro atoms. The van der Waals surface area contributed by atoms with E-state index in [1.54, 1.807) is 49.1 Å². The molecular weight excluding hydrogens is 883 g/mol. The Kier molecular flexibility index (Phi) is 15.1. The zero-order chi connectivity index (χ0) is 46.2. The second-order valence-electron chi connectivity index (χ2n) is 17.3. The van der Waals surface area contributed by atoms with Gasteiger partial charge in [-0.2, -0.15) is 8.61 Å². The SMILES string of the molecule is COC(=O)C1(CS(=O)(=O)N2CCN(c3ncc(-c4ccc(F)cc4)cn3)CC2)CCCCC1.O=C(O)C1(CS(=O)(=O)N2CCN(c3ncc(-c4ccc(F)cc4)cn3)CC2)CCCCC1. The fourth-order valence-corrected chi connectivity index (χ4v) is 13.3. The summed E-state index contributed by atoms with van der Waals surface area (Å²) in [5.41, 5.74) is 1.06. The molecule has 0 atom stereocenters. The monoisotopic (exact) mass is 938 g/mol. The molecule has 4 aromatic rings. The summed E-state index contributed by atoms with van der Waals surface area (Å²) >= 11 is 0. The molecule has 4 aliphatic rings. The van der Waals surface area contributed by atoms with E-state index in [-0.39, 0.29) is 36.2 Å². The van der Waals surface area contributed by atoms with Crippen LogP contribution in [0.15, 0.2) is 73.3 Å². The largest absolute Gasteiger partial charge is 0.481 e. The van der Waals surface area contributed by atoms with E-state index in [0.717, 1.165) is 60.8 Å². The molecule has 0 bridgehead atoms. The van der Waals surface area contributed by atoms with Crippen LogP contribution in [0.3, 0.4) is 0 Å². The summed E-state index contributed by atoms with van der Waals surface area (Å²) in [4.78, 5) is 45.9. The number of carbonyl (C=O) groups excluding carboxylic acids is 1. The maximum atomic E-state index is 13.2. The van der Waals surface area contributed by atoms with E-state index in [9.17, 15) is 40.3 Å². The third kappa shape index (κ3) is 11.4. The Bertz CT molecular complexity index is 2460. The van der Waals surface area contributed by atoms with Gasteiger partial charge in [-0.25, -0.2) is 45.6 Å². The Morgan fingerprint density at radius 3 is 1.23 bits per heavy atom. The molecule has 2 saturated carbocycles. The quantitative estimate of drug-likeness (QED) is 0.172. The van der Waals surface area contributed by atoms with Crippen molar-refractivity contribution in [3.63, 3.8) is 0 Å². The third-order valence-corrected chi connectivity index (χ3v) is 17.2. The van der Waals surface area contributed by atoms with Crippen molar-refractivity contribution in [1.82, 2.24) is 28.5 Å². The molecule has 2 aliphatic heterocycles. The molecular formula is C45H56F2N8O8S2. The summed E-state index contributed by atoms with van der Waals surface area (Å²) in [5.74, 6) is -1.54. The Morgan fingerprint density at radius 1 is 0.554 bits per heavy atom. The first kappa shape index (κ1) is 47.8. The number of aromatic nitrogens is 4. The van der Waals surface area contributed by atoms with E-state index >= 15 is 0 Å². The van der Waals surface area contributed by atoms with Crippen molar-refractivity contribution >= 4 is 43.9 Å². The van der Waals surface area contributed by atoms with Gasteiger partial charge in [0.1, 0.15) is 11.6 Å². The highest BCUT2D eigenvalue weighted by Gasteiger charge is 2.47. The van der Waals surface area contributed by atoms with E-state index in [2.05, 4.69) is 19.9 Å². The number of halogens is 2. The van der Waals surface area contributed by atoms with Crippen LogP contribution in [0.5, 0.6) is 0 Å².